The zero-order valence-electron chi connectivity index (χ0n) is 14.2. The SMILES string of the molecule is COC(=O)N1CCC(CC#N)(CN[C@@H]2C[C@H]2c2ccccc2)CC1. The molecular weight excluding hydrogens is 302 g/mol. The van der Waals surface area contributed by atoms with Crippen LogP contribution in [0, 0.1) is 16.7 Å². The maximum absolute atomic E-state index is 11.6. The highest BCUT2D eigenvalue weighted by molar-refractivity contribution is 5.67. The lowest BCUT2D eigenvalue weighted by Crippen LogP contribution is -2.47. The molecule has 0 bridgehead atoms. The first-order valence-electron chi connectivity index (χ1n) is 8.66. The van der Waals surface area contributed by atoms with Crippen LogP contribution in [0.3, 0.4) is 0 Å². The third-order valence-electron chi connectivity index (χ3n) is 5.47. The van der Waals surface area contributed by atoms with E-state index in [1.807, 2.05) is 6.07 Å². The minimum Gasteiger partial charge on any atom is -0.453 e. The third kappa shape index (κ3) is 3.70. The Kier molecular flexibility index (Phi) is 5.06. The molecule has 0 spiro atoms. The predicted octanol–water partition coefficient (Wildman–Crippen LogP) is 2.89. The molecular formula is C19H25N3O2. The maximum Gasteiger partial charge on any atom is 0.409 e. The summed E-state index contributed by atoms with van der Waals surface area (Å²) in [5.74, 6) is 0.598. The molecule has 1 aliphatic heterocycles. The fraction of sp³-hybridized carbons (Fsp3) is 0.579. The number of amides is 1. The Hall–Kier alpha value is -2.06. The summed E-state index contributed by atoms with van der Waals surface area (Å²) in [4.78, 5) is 13.4. The highest BCUT2D eigenvalue weighted by Crippen LogP contribution is 2.42. The van der Waals surface area contributed by atoms with Crippen LogP contribution in [-0.4, -0.2) is 43.8 Å². The van der Waals surface area contributed by atoms with Crippen LogP contribution in [0.5, 0.6) is 0 Å². The Morgan fingerprint density at radius 3 is 2.71 bits per heavy atom. The van der Waals surface area contributed by atoms with Crippen molar-refractivity contribution >= 4 is 6.09 Å². The van der Waals surface area contributed by atoms with Crippen LogP contribution in [0.4, 0.5) is 4.79 Å². The fourth-order valence-corrected chi connectivity index (χ4v) is 3.71. The van der Waals surface area contributed by atoms with Gasteiger partial charge in [-0.2, -0.15) is 5.26 Å². The molecule has 1 amide bonds. The van der Waals surface area contributed by atoms with Crippen molar-refractivity contribution < 1.29 is 9.53 Å². The molecule has 2 atom stereocenters. The molecule has 1 heterocycles. The van der Waals surface area contributed by atoms with E-state index < -0.39 is 0 Å². The van der Waals surface area contributed by atoms with E-state index in [1.54, 1.807) is 4.90 Å². The second-order valence-corrected chi connectivity index (χ2v) is 7.03. The van der Waals surface area contributed by atoms with E-state index >= 15 is 0 Å². The van der Waals surface area contributed by atoms with E-state index in [4.69, 9.17) is 4.74 Å². The standard InChI is InChI=1S/C19H25N3O2/c1-24-18(23)22-11-8-19(7-10-20,9-12-22)14-21-17-13-16(17)15-5-3-2-4-6-15/h2-6,16-17,21H,7-9,11-14H2,1H3/t16-,17+/m0/s1. The first-order valence-corrected chi connectivity index (χ1v) is 8.66. The Balaban J connectivity index is 1.53. The normalized spacial score (nSPS) is 24.9. The van der Waals surface area contributed by atoms with Gasteiger partial charge in [0.25, 0.3) is 0 Å². The van der Waals surface area contributed by atoms with Gasteiger partial charge in [0.2, 0.25) is 0 Å². The molecule has 1 saturated carbocycles. The number of nitrogens with one attached hydrogen (secondary N) is 1. The van der Waals surface area contributed by atoms with Gasteiger partial charge < -0.3 is 15.0 Å². The van der Waals surface area contributed by atoms with E-state index in [0.29, 0.717) is 31.5 Å². The van der Waals surface area contributed by atoms with Gasteiger partial charge in [0.05, 0.1) is 13.2 Å². The summed E-state index contributed by atoms with van der Waals surface area (Å²) < 4.78 is 4.80. The van der Waals surface area contributed by atoms with E-state index in [-0.39, 0.29) is 11.5 Å². The quantitative estimate of drug-likeness (QED) is 0.903. The summed E-state index contributed by atoms with van der Waals surface area (Å²) in [7, 11) is 1.41. The molecule has 0 unspecified atom stereocenters. The van der Waals surface area contributed by atoms with Crippen LogP contribution in [0.25, 0.3) is 0 Å². The molecule has 1 N–H and O–H groups in total. The topological polar surface area (TPSA) is 65.4 Å². The second-order valence-electron chi connectivity index (χ2n) is 7.03. The summed E-state index contributed by atoms with van der Waals surface area (Å²) in [6.45, 7) is 2.19. The van der Waals surface area contributed by atoms with E-state index in [1.165, 1.54) is 19.1 Å². The van der Waals surface area contributed by atoms with Crippen molar-refractivity contribution in [3.63, 3.8) is 0 Å². The molecule has 0 aromatic heterocycles. The number of methoxy groups -OCH3 is 1. The van der Waals surface area contributed by atoms with Gasteiger partial charge >= 0.3 is 6.09 Å². The van der Waals surface area contributed by atoms with Crippen LogP contribution in [0.1, 0.15) is 37.2 Å². The summed E-state index contributed by atoms with van der Waals surface area (Å²) in [6, 6.07) is 13.5. The molecule has 1 aromatic rings. The van der Waals surface area contributed by atoms with Gasteiger partial charge in [0.1, 0.15) is 0 Å². The largest absolute Gasteiger partial charge is 0.453 e. The van der Waals surface area contributed by atoms with Gasteiger partial charge in [0, 0.05) is 38.0 Å². The highest BCUT2D eigenvalue weighted by Gasteiger charge is 2.41. The average molecular weight is 327 g/mol. The number of rotatable bonds is 5. The minimum absolute atomic E-state index is 0.0247. The molecule has 1 aliphatic carbocycles. The monoisotopic (exact) mass is 327 g/mol. The minimum atomic E-state index is -0.264. The number of hydrogen-bond donors (Lipinski definition) is 1. The molecule has 1 aromatic carbocycles. The lowest BCUT2D eigenvalue weighted by atomic mass is 9.76. The molecule has 3 rings (SSSR count). The van der Waals surface area contributed by atoms with Crippen molar-refractivity contribution in [3.8, 4) is 6.07 Å². The fourth-order valence-electron chi connectivity index (χ4n) is 3.71. The van der Waals surface area contributed by atoms with Gasteiger partial charge in [-0.15, -0.1) is 0 Å². The molecule has 5 heteroatoms. The van der Waals surface area contributed by atoms with E-state index in [9.17, 15) is 10.1 Å². The number of nitrogens with zero attached hydrogens (tertiary/aromatic N) is 2. The lowest BCUT2D eigenvalue weighted by Gasteiger charge is -2.40. The Bertz CT molecular complexity index is 603. The van der Waals surface area contributed by atoms with Gasteiger partial charge in [-0.25, -0.2) is 4.79 Å². The molecule has 5 nitrogen and oxygen atoms in total. The van der Waals surface area contributed by atoms with Crippen LogP contribution in [0.2, 0.25) is 0 Å². The Labute approximate surface area is 143 Å². The molecule has 2 fully saturated rings. The first kappa shape index (κ1) is 16.8. The smallest absolute Gasteiger partial charge is 0.409 e. The number of carbonyl (C=O) groups excluding carboxylic acids is 1. The van der Waals surface area contributed by atoms with Crippen molar-refractivity contribution in [2.45, 2.75) is 37.6 Å². The van der Waals surface area contributed by atoms with Gasteiger partial charge in [-0.1, -0.05) is 30.3 Å². The van der Waals surface area contributed by atoms with Crippen LogP contribution in [0.15, 0.2) is 30.3 Å². The van der Waals surface area contributed by atoms with E-state index in [0.717, 1.165) is 19.4 Å². The van der Waals surface area contributed by atoms with Crippen molar-refractivity contribution in [2.24, 2.45) is 5.41 Å². The van der Waals surface area contributed by atoms with Crippen molar-refractivity contribution in [2.75, 3.05) is 26.7 Å². The van der Waals surface area contributed by atoms with Gasteiger partial charge in [-0.3, -0.25) is 0 Å². The summed E-state index contributed by atoms with van der Waals surface area (Å²) >= 11 is 0. The lowest BCUT2D eigenvalue weighted by molar-refractivity contribution is 0.0782. The van der Waals surface area contributed by atoms with Gasteiger partial charge in [0.15, 0.2) is 0 Å². The van der Waals surface area contributed by atoms with E-state index in [2.05, 4.69) is 35.7 Å². The predicted molar refractivity (Wildman–Crippen MR) is 91.5 cm³/mol. The number of ether oxygens (including phenoxy) is 1. The first-order chi connectivity index (χ1) is 11.7. The zero-order valence-corrected chi connectivity index (χ0v) is 14.2. The molecule has 1 saturated heterocycles. The second kappa shape index (κ2) is 7.23. The number of nitriles is 1. The maximum atomic E-state index is 11.6. The summed E-state index contributed by atoms with van der Waals surface area (Å²) in [6.07, 6.45) is 3.15. The number of benzene rings is 1. The molecule has 0 radical (unpaired) electrons. The van der Waals surface area contributed by atoms with Crippen molar-refractivity contribution in [1.82, 2.24) is 10.2 Å². The van der Waals surface area contributed by atoms with Crippen molar-refractivity contribution in [3.05, 3.63) is 35.9 Å². The number of carbonyl (C=O) groups is 1. The number of likely N-dealkylation sites (tertiary alicyclic amines) is 1. The van der Waals surface area contributed by atoms with Gasteiger partial charge in [-0.05, 0) is 30.2 Å². The number of piperidine rings is 1. The molecule has 128 valence electrons. The Morgan fingerprint density at radius 1 is 1.38 bits per heavy atom. The number of hydrogen-bond acceptors (Lipinski definition) is 4. The summed E-state index contributed by atoms with van der Waals surface area (Å²) in [5.41, 5.74) is 1.37. The van der Waals surface area contributed by atoms with Crippen LogP contribution in [-0.2, 0) is 4.74 Å². The average Bonchev–Trinajstić information content (AvgIpc) is 3.41. The highest BCUT2D eigenvalue weighted by atomic mass is 16.5. The zero-order chi connectivity index (χ0) is 17.0. The van der Waals surface area contributed by atoms with Crippen LogP contribution >= 0.6 is 0 Å². The third-order valence-corrected chi connectivity index (χ3v) is 5.47. The summed E-state index contributed by atoms with van der Waals surface area (Å²) in [5, 5.41) is 12.9. The van der Waals surface area contributed by atoms with Crippen molar-refractivity contribution in [1.29, 1.82) is 5.26 Å². The molecule has 24 heavy (non-hydrogen) atoms. The van der Waals surface area contributed by atoms with Crippen LogP contribution < -0.4 is 5.32 Å². The Morgan fingerprint density at radius 2 is 2.08 bits per heavy atom. The molecule has 2 aliphatic rings.